The summed E-state index contributed by atoms with van der Waals surface area (Å²) in [5.74, 6) is -0.568. The number of hydrogen-bond acceptors (Lipinski definition) is 2. The van der Waals surface area contributed by atoms with Crippen LogP contribution in [0.2, 0.25) is 0 Å². The summed E-state index contributed by atoms with van der Waals surface area (Å²) in [6, 6.07) is 1.48. The lowest BCUT2D eigenvalue weighted by molar-refractivity contribution is 0.0821. The lowest BCUT2D eigenvalue weighted by atomic mass is 9.88. The molecular formula is C14H18FN3O. The van der Waals surface area contributed by atoms with Crippen LogP contribution in [0.25, 0.3) is 5.65 Å². The molecule has 102 valence electrons. The fourth-order valence-electron chi connectivity index (χ4n) is 1.99. The first-order valence-electron chi connectivity index (χ1n) is 6.10. The third kappa shape index (κ3) is 2.32. The second kappa shape index (κ2) is 4.33. The fourth-order valence-corrected chi connectivity index (χ4v) is 1.99. The molecule has 0 saturated heterocycles. The van der Waals surface area contributed by atoms with Crippen LogP contribution in [0.3, 0.4) is 0 Å². The predicted octanol–water partition coefficient (Wildman–Crippen LogP) is 2.47. The van der Waals surface area contributed by atoms with Crippen molar-refractivity contribution < 1.29 is 9.18 Å². The Morgan fingerprint density at radius 1 is 1.37 bits per heavy atom. The summed E-state index contributed by atoms with van der Waals surface area (Å²) in [7, 11) is 3.32. The van der Waals surface area contributed by atoms with Crippen LogP contribution in [0.1, 0.15) is 36.8 Å². The quantitative estimate of drug-likeness (QED) is 0.792. The number of carbonyl (C=O) groups excluding carboxylic acids is 1. The molecule has 0 bridgehead atoms. The third-order valence-electron chi connectivity index (χ3n) is 3.01. The molecule has 0 aliphatic rings. The molecule has 0 aromatic carbocycles. The van der Waals surface area contributed by atoms with Gasteiger partial charge in [0.15, 0.2) is 0 Å². The zero-order valence-electron chi connectivity index (χ0n) is 11.9. The summed E-state index contributed by atoms with van der Waals surface area (Å²) in [5.41, 5.74) is 1.53. The van der Waals surface area contributed by atoms with Crippen molar-refractivity contribution in [3.05, 3.63) is 35.5 Å². The fraction of sp³-hybridized carbons (Fsp3) is 0.429. The van der Waals surface area contributed by atoms with Gasteiger partial charge in [0.1, 0.15) is 17.2 Å². The van der Waals surface area contributed by atoms with Crippen LogP contribution in [-0.2, 0) is 5.41 Å². The molecule has 0 unspecified atom stereocenters. The molecule has 2 aromatic rings. The minimum Gasteiger partial charge on any atom is -0.343 e. The van der Waals surface area contributed by atoms with Crippen molar-refractivity contribution in [1.29, 1.82) is 0 Å². The summed E-state index contributed by atoms with van der Waals surface area (Å²) in [6.45, 7) is 5.97. The molecular weight excluding hydrogens is 245 g/mol. The van der Waals surface area contributed by atoms with E-state index < -0.39 is 0 Å². The van der Waals surface area contributed by atoms with Crippen LogP contribution in [0.5, 0.6) is 0 Å². The lowest BCUT2D eigenvalue weighted by Crippen LogP contribution is -2.23. The van der Waals surface area contributed by atoms with Gasteiger partial charge in [0.2, 0.25) is 0 Å². The smallest absolute Gasteiger partial charge is 0.271 e. The second-order valence-electron chi connectivity index (χ2n) is 5.86. The maximum absolute atomic E-state index is 13.8. The van der Waals surface area contributed by atoms with Crippen LogP contribution >= 0.6 is 0 Å². The van der Waals surface area contributed by atoms with Gasteiger partial charge < -0.3 is 4.90 Å². The van der Waals surface area contributed by atoms with Gasteiger partial charge in [-0.2, -0.15) is 0 Å². The van der Waals surface area contributed by atoms with Gasteiger partial charge in [0, 0.05) is 25.9 Å². The summed E-state index contributed by atoms with van der Waals surface area (Å²) in [6.07, 6.45) is 2.79. The monoisotopic (exact) mass is 263 g/mol. The van der Waals surface area contributed by atoms with Crippen LogP contribution in [0.15, 0.2) is 18.5 Å². The second-order valence-corrected chi connectivity index (χ2v) is 5.86. The van der Waals surface area contributed by atoms with Gasteiger partial charge in [-0.05, 0) is 11.5 Å². The Bertz CT molecular complexity index is 638. The maximum atomic E-state index is 13.8. The number of amides is 1. The Morgan fingerprint density at radius 3 is 2.53 bits per heavy atom. The highest BCUT2D eigenvalue weighted by molar-refractivity contribution is 5.93. The van der Waals surface area contributed by atoms with Gasteiger partial charge in [-0.25, -0.2) is 9.37 Å². The average molecular weight is 263 g/mol. The van der Waals surface area contributed by atoms with Crippen LogP contribution in [-0.4, -0.2) is 34.3 Å². The van der Waals surface area contributed by atoms with Gasteiger partial charge in [-0.3, -0.25) is 9.20 Å². The first-order valence-corrected chi connectivity index (χ1v) is 6.10. The van der Waals surface area contributed by atoms with Crippen LogP contribution < -0.4 is 0 Å². The van der Waals surface area contributed by atoms with E-state index in [9.17, 15) is 9.18 Å². The average Bonchev–Trinajstić information content (AvgIpc) is 2.68. The predicted molar refractivity (Wildman–Crippen MR) is 71.9 cm³/mol. The number of hydrogen-bond donors (Lipinski definition) is 0. The molecule has 2 rings (SSSR count). The lowest BCUT2D eigenvalue weighted by Gasteiger charge is -2.20. The van der Waals surface area contributed by atoms with E-state index in [1.165, 1.54) is 27.8 Å². The number of imidazole rings is 1. The molecule has 5 heteroatoms. The Morgan fingerprint density at radius 2 is 2.00 bits per heavy atom. The largest absolute Gasteiger partial charge is 0.343 e. The number of halogens is 1. The molecule has 19 heavy (non-hydrogen) atoms. The summed E-state index contributed by atoms with van der Waals surface area (Å²) < 4.78 is 15.3. The summed E-state index contributed by atoms with van der Waals surface area (Å²) in [4.78, 5) is 17.8. The summed E-state index contributed by atoms with van der Waals surface area (Å²) >= 11 is 0. The van der Waals surface area contributed by atoms with E-state index in [1.54, 1.807) is 14.1 Å². The van der Waals surface area contributed by atoms with Gasteiger partial charge >= 0.3 is 0 Å². The van der Waals surface area contributed by atoms with Crippen molar-refractivity contribution in [2.24, 2.45) is 0 Å². The SMILES string of the molecule is CN(C)C(=O)c1cnc2c(C(C)(C)C)cc(F)cn12. The number of carbonyl (C=O) groups is 1. The number of nitrogens with zero attached hydrogens (tertiary/aromatic N) is 3. The van der Waals surface area contributed by atoms with Gasteiger partial charge in [0.05, 0.1) is 6.20 Å². The molecule has 2 heterocycles. The highest BCUT2D eigenvalue weighted by atomic mass is 19.1. The van der Waals surface area contributed by atoms with Crippen molar-refractivity contribution in [2.45, 2.75) is 26.2 Å². The standard InChI is InChI=1S/C14H18FN3O/c1-14(2,3)10-6-9(15)8-18-11(7-16-12(10)18)13(19)17(4)5/h6-8H,1-5H3. The van der Waals surface area contributed by atoms with Gasteiger partial charge in [-0.1, -0.05) is 20.8 Å². The van der Waals surface area contributed by atoms with Crippen LogP contribution in [0.4, 0.5) is 4.39 Å². The van der Waals surface area contributed by atoms with Gasteiger partial charge in [0.25, 0.3) is 5.91 Å². The minimum absolute atomic E-state index is 0.196. The molecule has 0 spiro atoms. The number of rotatable bonds is 1. The maximum Gasteiger partial charge on any atom is 0.271 e. The Labute approximate surface area is 111 Å². The minimum atomic E-state index is -0.372. The van der Waals surface area contributed by atoms with E-state index in [0.717, 1.165) is 5.56 Å². The number of fused-ring (bicyclic) bond motifs is 1. The van der Waals surface area contributed by atoms with E-state index in [2.05, 4.69) is 4.98 Å². The Kier molecular flexibility index (Phi) is 3.08. The molecule has 0 N–H and O–H groups in total. The zero-order chi connectivity index (χ0) is 14.4. The Hall–Kier alpha value is -1.91. The van der Waals surface area contributed by atoms with E-state index >= 15 is 0 Å². The molecule has 0 aliphatic carbocycles. The van der Waals surface area contributed by atoms with Crippen molar-refractivity contribution in [2.75, 3.05) is 14.1 Å². The molecule has 4 nitrogen and oxygen atoms in total. The van der Waals surface area contributed by atoms with Gasteiger partial charge in [-0.15, -0.1) is 0 Å². The normalized spacial score (nSPS) is 11.9. The molecule has 0 radical (unpaired) electrons. The number of aromatic nitrogens is 2. The van der Waals surface area contributed by atoms with Crippen LogP contribution in [0, 0.1) is 5.82 Å². The van der Waals surface area contributed by atoms with Crippen molar-refractivity contribution >= 4 is 11.6 Å². The number of pyridine rings is 1. The molecule has 0 aliphatic heterocycles. The molecule has 2 aromatic heterocycles. The summed E-state index contributed by atoms with van der Waals surface area (Å²) in [5, 5.41) is 0. The Balaban J connectivity index is 2.74. The van der Waals surface area contributed by atoms with E-state index in [-0.39, 0.29) is 17.1 Å². The van der Waals surface area contributed by atoms with E-state index in [4.69, 9.17) is 0 Å². The van der Waals surface area contributed by atoms with E-state index in [0.29, 0.717) is 11.3 Å². The molecule has 0 atom stereocenters. The zero-order valence-corrected chi connectivity index (χ0v) is 11.9. The topological polar surface area (TPSA) is 37.6 Å². The highest BCUT2D eigenvalue weighted by Crippen LogP contribution is 2.27. The first kappa shape index (κ1) is 13.5. The first-order chi connectivity index (χ1) is 8.71. The van der Waals surface area contributed by atoms with Crippen molar-refractivity contribution in [1.82, 2.24) is 14.3 Å². The molecule has 1 amide bonds. The van der Waals surface area contributed by atoms with E-state index in [1.807, 2.05) is 20.8 Å². The third-order valence-corrected chi connectivity index (χ3v) is 3.01. The van der Waals surface area contributed by atoms with Crippen molar-refractivity contribution in [3.8, 4) is 0 Å². The van der Waals surface area contributed by atoms with Crippen molar-refractivity contribution in [3.63, 3.8) is 0 Å². The molecule has 0 fully saturated rings. The highest BCUT2D eigenvalue weighted by Gasteiger charge is 2.22. The molecule has 0 saturated carbocycles.